The molecule has 0 aliphatic carbocycles. The van der Waals surface area contributed by atoms with Crippen LogP contribution in [0, 0.1) is 24.2 Å². The van der Waals surface area contributed by atoms with E-state index in [1.807, 2.05) is 18.7 Å². The van der Waals surface area contributed by atoms with Crippen molar-refractivity contribution < 1.29 is 0 Å². The van der Waals surface area contributed by atoms with Crippen LogP contribution in [0.3, 0.4) is 0 Å². The normalized spacial score (nSPS) is 24.8. The second-order valence-corrected chi connectivity index (χ2v) is 4.86. The molecule has 4 heteroatoms. The fraction of sp³-hybridized carbons (Fsp3) is 0.667. The number of rotatable bonds is 1. The van der Waals surface area contributed by atoms with Crippen molar-refractivity contribution in [1.29, 1.82) is 5.26 Å². The molecule has 1 aromatic rings. The fourth-order valence-electron chi connectivity index (χ4n) is 2.70. The minimum absolute atomic E-state index is 0.497. The van der Waals surface area contributed by atoms with Gasteiger partial charge in [0.05, 0.1) is 5.69 Å². The quantitative estimate of drug-likeness (QED) is 0.722. The highest BCUT2D eigenvalue weighted by molar-refractivity contribution is 5.58. The molecule has 0 radical (unpaired) electrons. The number of aryl methyl sites for hydroxylation is 2. The maximum atomic E-state index is 9.20. The van der Waals surface area contributed by atoms with Crippen molar-refractivity contribution in [3.63, 3.8) is 0 Å². The summed E-state index contributed by atoms with van der Waals surface area (Å²) in [6.07, 6.45) is 1.19. The van der Waals surface area contributed by atoms with E-state index in [2.05, 4.69) is 29.9 Å². The summed E-state index contributed by atoms with van der Waals surface area (Å²) < 4.78 is 1.84. The van der Waals surface area contributed by atoms with Gasteiger partial charge in [-0.05, 0) is 26.2 Å². The van der Waals surface area contributed by atoms with Crippen LogP contribution in [0.25, 0.3) is 0 Å². The Labute approximate surface area is 96.5 Å². The maximum Gasteiger partial charge on any atom is 0.145 e. The van der Waals surface area contributed by atoms with Crippen molar-refractivity contribution in [2.45, 2.75) is 33.2 Å². The minimum Gasteiger partial charge on any atom is -0.353 e. The molecule has 1 aromatic heterocycles. The van der Waals surface area contributed by atoms with E-state index in [4.69, 9.17) is 0 Å². The molecule has 0 bridgehead atoms. The zero-order chi connectivity index (χ0) is 11.9. The van der Waals surface area contributed by atoms with Crippen LogP contribution in [0.2, 0.25) is 0 Å². The molecular weight excluding hydrogens is 200 g/mol. The molecule has 2 atom stereocenters. The third-order valence-corrected chi connectivity index (χ3v) is 3.36. The Balaban J connectivity index is 2.44. The van der Waals surface area contributed by atoms with E-state index < -0.39 is 0 Å². The Bertz CT molecular complexity index is 441. The first kappa shape index (κ1) is 11.0. The lowest BCUT2D eigenvalue weighted by Gasteiger charge is -2.23. The highest BCUT2D eigenvalue weighted by Crippen LogP contribution is 2.31. The van der Waals surface area contributed by atoms with Gasteiger partial charge >= 0.3 is 0 Å². The molecule has 0 N–H and O–H groups in total. The van der Waals surface area contributed by atoms with E-state index in [0.29, 0.717) is 12.0 Å². The van der Waals surface area contributed by atoms with Gasteiger partial charge in [-0.2, -0.15) is 10.4 Å². The molecule has 16 heavy (non-hydrogen) atoms. The van der Waals surface area contributed by atoms with Crippen LogP contribution in [-0.2, 0) is 7.05 Å². The molecule has 0 saturated carbocycles. The van der Waals surface area contributed by atoms with E-state index in [0.717, 1.165) is 23.6 Å². The summed E-state index contributed by atoms with van der Waals surface area (Å²) in [6.45, 7) is 7.39. The topological polar surface area (TPSA) is 44.9 Å². The minimum atomic E-state index is 0.497. The van der Waals surface area contributed by atoms with E-state index in [1.165, 1.54) is 6.42 Å². The van der Waals surface area contributed by atoms with Crippen molar-refractivity contribution in [2.24, 2.45) is 13.0 Å². The van der Waals surface area contributed by atoms with E-state index in [9.17, 15) is 5.26 Å². The third-order valence-electron chi connectivity index (χ3n) is 3.36. The summed E-state index contributed by atoms with van der Waals surface area (Å²) in [4.78, 5) is 2.31. The van der Waals surface area contributed by atoms with Crippen LogP contribution >= 0.6 is 0 Å². The molecule has 1 aliphatic rings. The van der Waals surface area contributed by atoms with Crippen LogP contribution in [0.5, 0.6) is 0 Å². The Morgan fingerprint density at radius 2 is 2.12 bits per heavy atom. The fourth-order valence-corrected chi connectivity index (χ4v) is 2.70. The molecule has 2 heterocycles. The third kappa shape index (κ3) is 1.57. The van der Waals surface area contributed by atoms with Crippen molar-refractivity contribution >= 4 is 5.82 Å². The van der Waals surface area contributed by atoms with Crippen molar-refractivity contribution in [3.05, 3.63) is 11.3 Å². The first-order valence-electron chi connectivity index (χ1n) is 5.75. The molecule has 4 nitrogen and oxygen atoms in total. The molecule has 1 saturated heterocycles. The molecule has 2 rings (SSSR count). The number of hydrogen-bond acceptors (Lipinski definition) is 3. The van der Waals surface area contributed by atoms with Gasteiger partial charge in [0, 0.05) is 19.6 Å². The van der Waals surface area contributed by atoms with Gasteiger partial charge in [0.2, 0.25) is 0 Å². The lowest BCUT2D eigenvalue weighted by Crippen LogP contribution is -2.29. The number of anilines is 1. The number of aromatic nitrogens is 2. The van der Waals surface area contributed by atoms with Gasteiger partial charge in [0.1, 0.15) is 17.5 Å². The standard InChI is InChI=1S/C12H18N4/c1-8-5-9(2)16(7-8)12-11(6-13)10(3)14-15(12)4/h8-9H,5,7H2,1-4H3. The SMILES string of the molecule is Cc1nn(C)c(N2CC(C)CC2C)c1C#N. The Hall–Kier alpha value is -1.50. The zero-order valence-electron chi connectivity index (χ0n) is 10.4. The van der Waals surface area contributed by atoms with Crippen LogP contribution in [0.15, 0.2) is 0 Å². The van der Waals surface area contributed by atoms with Gasteiger partial charge < -0.3 is 4.90 Å². The van der Waals surface area contributed by atoms with Gasteiger partial charge in [-0.25, -0.2) is 0 Å². The average Bonchev–Trinajstić information content (AvgIpc) is 2.66. The molecule has 1 aliphatic heterocycles. The Morgan fingerprint density at radius 3 is 2.62 bits per heavy atom. The lowest BCUT2D eigenvalue weighted by atomic mass is 10.1. The van der Waals surface area contributed by atoms with Gasteiger partial charge in [-0.1, -0.05) is 6.92 Å². The van der Waals surface area contributed by atoms with Crippen LogP contribution in [0.1, 0.15) is 31.5 Å². The second-order valence-electron chi connectivity index (χ2n) is 4.86. The lowest BCUT2D eigenvalue weighted by molar-refractivity contribution is 0.624. The van der Waals surface area contributed by atoms with Crippen molar-refractivity contribution in [1.82, 2.24) is 9.78 Å². The number of nitriles is 1. The number of nitrogens with zero attached hydrogens (tertiary/aromatic N) is 4. The predicted molar refractivity (Wildman–Crippen MR) is 63.2 cm³/mol. The summed E-state index contributed by atoms with van der Waals surface area (Å²) in [7, 11) is 1.92. The first-order valence-corrected chi connectivity index (χ1v) is 5.75. The van der Waals surface area contributed by atoms with Crippen LogP contribution < -0.4 is 4.90 Å². The zero-order valence-corrected chi connectivity index (χ0v) is 10.4. The van der Waals surface area contributed by atoms with Crippen LogP contribution in [0.4, 0.5) is 5.82 Å². The molecule has 86 valence electrons. The van der Waals surface area contributed by atoms with Gasteiger partial charge in [-0.15, -0.1) is 0 Å². The van der Waals surface area contributed by atoms with Gasteiger partial charge in [0.25, 0.3) is 0 Å². The van der Waals surface area contributed by atoms with Crippen LogP contribution in [-0.4, -0.2) is 22.4 Å². The van der Waals surface area contributed by atoms with Crippen molar-refractivity contribution in [2.75, 3.05) is 11.4 Å². The molecule has 0 amide bonds. The number of hydrogen-bond donors (Lipinski definition) is 0. The molecule has 0 aromatic carbocycles. The highest BCUT2D eigenvalue weighted by Gasteiger charge is 2.30. The summed E-state index contributed by atoms with van der Waals surface area (Å²) in [5.74, 6) is 1.67. The average molecular weight is 218 g/mol. The second kappa shape index (κ2) is 3.82. The predicted octanol–water partition coefficient (Wildman–Crippen LogP) is 1.83. The van der Waals surface area contributed by atoms with Crippen molar-refractivity contribution in [3.8, 4) is 6.07 Å². The van der Waals surface area contributed by atoms with E-state index in [1.54, 1.807) is 0 Å². The first-order chi connectivity index (χ1) is 7.54. The Kier molecular flexibility index (Phi) is 2.63. The monoisotopic (exact) mass is 218 g/mol. The summed E-state index contributed by atoms with van der Waals surface area (Å²) in [5, 5.41) is 13.5. The van der Waals surface area contributed by atoms with E-state index in [-0.39, 0.29) is 0 Å². The molecule has 0 spiro atoms. The van der Waals surface area contributed by atoms with Gasteiger partial charge in [-0.3, -0.25) is 4.68 Å². The smallest absolute Gasteiger partial charge is 0.145 e. The Morgan fingerprint density at radius 1 is 1.44 bits per heavy atom. The van der Waals surface area contributed by atoms with Gasteiger partial charge in [0.15, 0.2) is 0 Å². The summed E-state index contributed by atoms with van der Waals surface area (Å²) in [5.41, 5.74) is 1.55. The van der Waals surface area contributed by atoms with E-state index >= 15 is 0 Å². The maximum absolute atomic E-state index is 9.20. The summed E-state index contributed by atoms with van der Waals surface area (Å²) in [6, 6.07) is 2.77. The highest BCUT2D eigenvalue weighted by atomic mass is 15.4. The molecule has 1 fully saturated rings. The molecular formula is C12H18N4. The molecule has 2 unspecified atom stereocenters. The summed E-state index contributed by atoms with van der Waals surface area (Å²) >= 11 is 0. The largest absolute Gasteiger partial charge is 0.353 e.